The molecule has 1 unspecified atom stereocenters. The van der Waals surface area contributed by atoms with E-state index in [1.165, 1.54) is 5.56 Å². The largest absolute Gasteiger partial charge is 0.493 e. The second kappa shape index (κ2) is 7.36. The number of hydrogen-bond acceptors (Lipinski definition) is 4. The van der Waals surface area contributed by atoms with E-state index in [1.807, 2.05) is 12.1 Å². The zero-order chi connectivity index (χ0) is 13.5. The van der Waals surface area contributed by atoms with Crippen molar-refractivity contribution in [3.05, 3.63) is 23.8 Å². The standard InChI is InChI=1S/C15H23NO3/c1-17-15-10-12(4-2-8-16)6-7-14(15)19-11-13-5-3-9-18-13/h6-7,10,13H,2-5,8-9,11,16H2,1H3. The Bertz CT molecular complexity index is 389. The van der Waals surface area contributed by atoms with Crippen LogP contribution in [0.4, 0.5) is 0 Å². The van der Waals surface area contributed by atoms with Crippen LogP contribution in [0.2, 0.25) is 0 Å². The summed E-state index contributed by atoms with van der Waals surface area (Å²) in [5.41, 5.74) is 6.75. The Morgan fingerprint density at radius 3 is 2.95 bits per heavy atom. The first-order valence-corrected chi connectivity index (χ1v) is 6.95. The lowest BCUT2D eigenvalue weighted by Crippen LogP contribution is -2.16. The molecule has 1 heterocycles. The van der Waals surface area contributed by atoms with Crippen LogP contribution in [0, 0.1) is 0 Å². The normalized spacial score (nSPS) is 18.5. The van der Waals surface area contributed by atoms with Gasteiger partial charge in [-0.3, -0.25) is 0 Å². The number of ether oxygens (including phenoxy) is 3. The average molecular weight is 265 g/mol. The maximum atomic E-state index is 5.80. The first-order chi connectivity index (χ1) is 9.33. The molecule has 2 rings (SSSR count). The molecule has 1 fully saturated rings. The second-order valence-corrected chi connectivity index (χ2v) is 4.82. The average Bonchev–Trinajstić information content (AvgIpc) is 2.96. The number of rotatable bonds is 7. The van der Waals surface area contributed by atoms with E-state index >= 15 is 0 Å². The van der Waals surface area contributed by atoms with Gasteiger partial charge in [0.05, 0.1) is 13.2 Å². The molecule has 1 aliphatic rings. The minimum atomic E-state index is 0.224. The third-order valence-electron chi connectivity index (χ3n) is 3.35. The molecule has 1 saturated heterocycles. The molecule has 0 bridgehead atoms. The zero-order valence-corrected chi connectivity index (χ0v) is 11.6. The summed E-state index contributed by atoms with van der Waals surface area (Å²) >= 11 is 0. The molecule has 0 radical (unpaired) electrons. The molecule has 0 saturated carbocycles. The smallest absolute Gasteiger partial charge is 0.161 e. The van der Waals surface area contributed by atoms with Crippen LogP contribution in [0.15, 0.2) is 18.2 Å². The molecular weight excluding hydrogens is 242 g/mol. The fourth-order valence-corrected chi connectivity index (χ4v) is 2.25. The predicted octanol–water partition coefficient (Wildman–Crippen LogP) is 2.14. The third kappa shape index (κ3) is 4.11. The van der Waals surface area contributed by atoms with Crippen LogP contribution in [-0.4, -0.2) is 33.0 Å². The lowest BCUT2D eigenvalue weighted by Gasteiger charge is -2.15. The molecule has 1 aromatic rings. The van der Waals surface area contributed by atoms with Crippen molar-refractivity contribution in [2.24, 2.45) is 5.73 Å². The van der Waals surface area contributed by atoms with Crippen LogP contribution in [0.25, 0.3) is 0 Å². The van der Waals surface area contributed by atoms with Gasteiger partial charge in [0.25, 0.3) is 0 Å². The van der Waals surface area contributed by atoms with E-state index in [1.54, 1.807) is 7.11 Å². The third-order valence-corrected chi connectivity index (χ3v) is 3.35. The van der Waals surface area contributed by atoms with Crippen molar-refractivity contribution in [3.63, 3.8) is 0 Å². The van der Waals surface area contributed by atoms with Crippen LogP contribution >= 0.6 is 0 Å². The minimum absolute atomic E-state index is 0.224. The number of hydrogen-bond donors (Lipinski definition) is 1. The predicted molar refractivity (Wildman–Crippen MR) is 74.8 cm³/mol. The lowest BCUT2D eigenvalue weighted by molar-refractivity contribution is 0.0669. The Labute approximate surface area is 114 Å². The van der Waals surface area contributed by atoms with E-state index in [4.69, 9.17) is 19.9 Å². The summed E-state index contributed by atoms with van der Waals surface area (Å²) in [5.74, 6) is 1.57. The van der Waals surface area contributed by atoms with Crippen LogP contribution in [-0.2, 0) is 11.2 Å². The Kier molecular flexibility index (Phi) is 5.48. The van der Waals surface area contributed by atoms with Crippen molar-refractivity contribution >= 4 is 0 Å². The van der Waals surface area contributed by atoms with E-state index in [0.29, 0.717) is 13.2 Å². The van der Waals surface area contributed by atoms with E-state index in [-0.39, 0.29) is 6.10 Å². The Morgan fingerprint density at radius 1 is 1.37 bits per heavy atom. The Morgan fingerprint density at radius 2 is 2.26 bits per heavy atom. The lowest BCUT2D eigenvalue weighted by atomic mass is 10.1. The van der Waals surface area contributed by atoms with Gasteiger partial charge in [0.1, 0.15) is 6.61 Å². The highest BCUT2D eigenvalue weighted by molar-refractivity contribution is 5.43. The van der Waals surface area contributed by atoms with Crippen LogP contribution in [0.5, 0.6) is 11.5 Å². The molecule has 4 heteroatoms. The molecule has 0 aromatic heterocycles. The van der Waals surface area contributed by atoms with E-state index < -0.39 is 0 Å². The number of nitrogens with two attached hydrogens (primary N) is 1. The van der Waals surface area contributed by atoms with Crippen molar-refractivity contribution in [1.29, 1.82) is 0 Å². The maximum Gasteiger partial charge on any atom is 0.161 e. The first kappa shape index (κ1) is 14.2. The Balaban J connectivity index is 1.94. The van der Waals surface area contributed by atoms with Gasteiger partial charge in [-0.05, 0) is 49.9 Å². The van der Waals surface area contributed by atoms with Gasteiger partial charge in [0.2, 0.25) is 0 Å². The molecule has 0 amide bonds. The molecule has 106 valence electrons. The highest BCUT2D eigenvalue weighted by Crippen LogP contribution is 2.29. The van der Waals surface area contributed by atoms with Crippen molar-refractivity contribution in [2.45, 2.75) is 31.8 Å². The maximum absolute atomic E-state index is 5.80. The van der Waals surface area contributed by atoms with E-state index in [2.05, 4.69) is 6.07 Å². The molecule has 1 atom stereocenters. The molecule has 0 spiro atoms. The summed E-state index contributed by atoms with van der Waals surface area (Å²) in [5, 5.41) is 0. The molecule has 4 nitrogen and oxygen atoms in total. The zero-order valence-electron chi connectivity index (χ0n) is 11.6. The van der Waals surface area contributed by atoms with E-state index in [0.717, 1.165) is 43.8 Å². The molecule has 0 aliphatic carbocycles. The number of methoxy groups -OCH3 is 1. The van der Waals surface area contributed by atoms with Gasteiger partial charge in [0, 0.05) is 6.61 Å². The van der Waals surface area contributed by atoms with Crippen LogP contribution in [0.1, 0.15) is 24.8 Å². The van der Waals surface area contributed by atoms with Crippen LogP contribution in [0.3, 0.4) is 0 Å². The first-order valence-electron chi connectivity index (χ1n) is 6.95. The minimum Gasteiger partial charge on any atom is -0.493 e. The summed E-state index contributed by atoms with van der Waals surface area (Å²) in [6.45, 7) is 2.15. The molecular formula is C15H23NO3. The van der Waals surface area contributed by atoms with Crippen LogP contribution < -0.4 is 15.2 Å². The number of benzene rings is 1. The van der Waals surface area contributed by atoms with Gasteiger partial charge in [-0.15, -0.1) is 0 Å². The molecule has 2 N–H and O–H groups in total. The highest BCUT2D eigenvalue weighted by atomic mass is 16.5. The summed E-state index contributed by atoms with van der Waals surface area (Å²) in [6.07, 6.45) is 4.39. The summed E-state index contributed by atoms with van der Waals surface area (Å²) in [4.78, 5) is 0. The van der Waals surface area contributed by atoms with Gasteiger partial charge < -0.3 is 19.9 Å². The van der Waals surface area contributed by atoms with Gasteiger partial charge in [-0.25, -0.2) is 0 Å². The SMILES string of the molecule is COc1cc(CCCN)ccc1OCC1CCCO1. The molecule has 1 aromatic carbocycles. The van der Waals surface area contributed by atoms with Crippen molar-refractivity contribution in [1.82, 2.24) is 0 Å². The summed E-state index contributed by atoms with van der Waals surface area (Å²) in [6, 6.07) is 6.07. The van der Waals surface area contributed by atoms with Crippen molar-refractivity contribution in [2.75, 3.05) is 26.9 Å². The molecule has 1 aliphatic heterocycles. The fraction of sp³-hybridized carbons (Fsp3) is 0.600. The van der Waals surface area contributed by atoms with Gasteiger partial charge >= 0.3 is 0 Å². The quantitative estimate of drug-likeness (QED) is 0.820. The second-order valence-electron chi connectivity index (χ2n) is 4.82. The van der Waals surface area contributed by atoms with Gasteiger partial charge in [0.15, 0.2) is 11.5 Å². The Hall–Kier alpha value is -1.26. The fourth-order valence-electron chi connectivity index (χ4n) is 2.25. The van der Waals surface area contributed by atoms with Gasteiger partial charge in [-0.2, -0.15) is 0 Å². The number of aryl methyl sites for hydroxylation is 1. The van der Waals surface area contributed by atoms with Gasteiger partial charge in [-0.1, -0.05) is 6.07 Å². The molecule has 19 heavy (non-hydrogen) atoms. The summed E-state index contributed by atoms with van der Waals surface area (Å²) in [7, 11) is 1.67. The monoisotopic (exact) mass is 265 g/mol. The highest BCUT2D eigenvalue weighted by Gasteiger charge is 2.17. The summed E-state index contributed by atoms with van der Waals surface area (Å²) < 4.78 is 16.7. The van der Waals surface area contributed by atoms with E-state index in [9.17, 15) is 0 Å². The van der Waals surface area contributed by atoms with Crippen molar-refractivity contribution < 1.29 is 14.2 Å². The van der Waals surface area contributed by atoms with Crippen molar-refractivity contribution in [3.8, 4) is 11.5 Å². The topological polar surface area (TPSA) is 53.7 Å².